The Morgan fingerprint density at radius 1 is 1.24 bits per heavy atom. The van der Waals surface area contributed by atoms with Gasteiger partial charge in [0.15, 0.2) is 11.5 Å². The highest BCUT2D eigenvalue weighted by Gasteiger charge is 2.35. The van der Waals surface area contributed by atoms with Crippen LogP contribution in [0.4, 0.5) is 18.0 Å². The molecule has 0 aromatic heterocycles. The molecular weight excluding hydrogens is 337 g/mol. The normalized spacial score (nSPS) is 18.4. The first-order valence-corrected chi connectivity index (χ1v) is 8.06. The molecule has 1 atom stereocenters. The molecule has 0 bridgehead atoms. The molecule has 0 spiro atoms. The summed E-state index contributed by atoms with van der Waals surface area (Å²) in [7, 11) is 0. The number of hydrogen-bond acceptors (Lipinski definition) is 3. The molecule has 8 heteroatoms. The van der Waals surface area contributed by atoms with E-state index in [9.17, 15) is 18.0 Å². The lowest BCUT2D eigenvalue weighted by Gasteiger charge is -2.29. The molecule has 2 heterocycles. The van der Waals surface area contributed by atoms with Crippen LogP contribution in [-0.4, -0.2) is 43.4 Å². The Hall–Kier alpha value is -2.38. The zero-order valence-electron chi connectivity index (χ0n) is 13.7. The van der Waals surface area contributed by atoms with Crippen molar-refractivity contribution in [2.45, 2.75) is 25.6 Å². The molecule has 25 heavy (non-hydrogen) atoms. The number of urea groups is 1. The zero-order valence-corrected chi connectivity index (χ0v) is 13.7. The van der Waals surface area contributed by atoms with Crippen molar-refractivity contribution in [1.29, 1.82) is 0 Å². The molecule has 2 amide bonds. The average molecular weight is 356 g/mol. The third-order valence-corrected chi connectivity index (χ3v) is 4.27. The summed E-state index contributed by atoms with van der Waals surface area (Å²) in [6, 6.07) is 4.72. The van der Waals surface area contributed by atoms with Gasteiger partial charge in [-0.05, 0) is 31.0 Å². The Kier molecular flexibility index (Phi) is 4.78. The number of amides is 2. The number of rotatable bonds is 2. The lowest BCUT2D eigenvalue weighted by Crippen LogP contribution is -2.44. The van der Waals surface area contributed by atoms with Crippen LogP contribution in [0.25, 0.3) is 0 Å². The van der Waals surface area contributed by atoms with Gasteiger partial charge >= 0.3 is 12.2 Å². The number of hydrogen-bond donors (Lipinski definition) is 1. The van der Waals surface area contributed by atoms with E-state index in [0.717, 1.165) is 11.6 Å². The first kappa shape index (κ1) is 17.4. The fourth-order valence-electron chi connectivity index (χ4n) is 2.80. The maximum absolute atomic E-state index is 12.6. The fraction of sp³-hybridized carbons (Fsp3) is 0.471. The number of carbonyl (C=O) groups excluding carboxylic acids is 1. The van der Waals surface area contributed by atoms with Gasteiger partial charge in [-0.15, -0.1) is 0 Å². The van der Waals surface area contributed by atoms with Gasteiger partial charge in [0.25, 0.3) is 0 Å². The van der Waals surface area contributed by atoms with Gasteiger partial charge in [-0.3, -0.25) is 0 Å². The summed E-state index contributed by atoms with van der Waals surface area (Å²) in [6.45, 7) is 2.78. The second kappa shape index (κ2) is 6.85. The van der Waals surface area contributed by atoms with E-state index in [1.807, 2.05) is 13.0 Å². The lowest BCUT2D eigenvalue weighted by molar-refractivity contribution is -0.0956. The monoisotopic (exact) mass is 356 g/mol. The Morgan fingerprint density at radius 2 is 1.96 bits per heavy atom. The second-order valence-corrected chi connectivity index (χ2v) is 6.00. The quantitative estimate of drug-likeness (QED) is 0.826. The topological polar surface area (TPSA) is 50.8 Å². The van der Waals surface area contributed by atoms with Crippen molar-refractivity contribution in [1.82, 2.24) is 10.2 Å². The van der Waals surface area contributed by atoms with Gasteiger partial charge in [-0.1, -0.05) is 12.1 Å². The summed E-state index contributed by atoms with van der Waals surface area (Å²) in [5.41, 5.74) is 0.262. The van der Waals surface area contributed by atoms with Crippen molar-refractivity contribution in [3.63, 3.8) is 0 Å². The predicted octanol–water partition coefficient (Wildman–Crippen LogP) is 3.42. The van der Waals surface area contributed by atoms with E-state index < -0.39 is 11.7 Å². The summed E-state index contributed by atoms with van der Waals surface area (Å²) in [4.78, 5) is 13.6. The molecule has 0 saturated heterocycles. The molecular formula is C17H19F3N2O3. The highest BCUT2D eigenvalue weighted by molar-refractivity contribution is 5.75. The van der Waals surface area contributed by atoms with Gasteiger partial charge in [0.1, 0.15) is 13.2 Å². The van der Waals surface area contributed by atoms with E-state index in [-0.39, 0.29) is 31.6 Å². The van der Waals surface area contributed by atoms with E-state index in [1.165, 1.54) is 4.90 Å². The van der Waals surface area contributed by atoms with Crippen LogP contribution in [0.2, 0.25) is 0 Å². The van der Waals surface area contributed by atoms with Gasteiger partial charge in [0, 0.05) is 18.7 Å². The van der Waals surface area contributed by atoms with Crippen LogP contribution in [0.15, 0.2) is 29.8 Å². The standard InChI is InChI=1S/C17H19F3N2O3/c1-11(12-2-3-14-15(10-12)25-9-8-24-14)21-16(23)22-6-4-13(5-7-22)17(18,19)20/h2-4,10-11H,5-9H2,1H3,(H,21,23). The molecule has 2 aliphatic heterocycles. The Labute approximate surface area is 143 Å². The van der Waals surface area contributed by atoms with Crippen molar-refractivity contribution in [3.05, 3.63) is 35.4 Å². The third-order valence-electron chi connectivity index (χ3n) is 4.27. The molecule has 1 aromatic rings. The lowest BCUT2D eigenvalue weighted by atomic mass is 10.1. The minimum absolute atomic E-state index is 0.0467. The van der Waals surface area contributed by atoms with Gasteiger partial charge < -0.3 is 19.7 Å². The third kappa shape index (κ3) is 4.00. The molecule has 136 valence electrons. The minimum Gasteiger partial charge on any atom is -0.486 e. The Balaban J connectivity index is 1.61. The van der Waals surface area contributed by atoms with E-state index in [0.29, 0.717) is 24.7 Å². The number of carbonyl (C=O) groups is 1. The van der Waals surface area contributed by atoms with Gasteiger partial charge in [-0.25, -0.2) is 4.79 Å². The number of nitrogens with zero attached hydrogens (tertiary/aromatic N) is 1. The number of alkyl halides is 3. The predicted molar refractivity (Wildman–Crippen MR) is 84.7 cm³/mol. The largest absolute Gasteiger partial charge is 0.486 e. The van der Waals surface area contributed by atoms with Crippen LogP contribution in [-0.2, 0) is 0 Å². The van der Waals surface area contributed by atoms with Gasteiger partial charge in [0.05, 0.1) is 6.04 Å². The SMILES string of the molecule is CC(NC(=O)N1CC=C(C(F)(F)F)CC1)c1ccc2c(c1)OCCO2. The summed E-state index contributed by atoms with van der Waals surface area (Å²) in [5, 5.41) is 2.81. The minimum atomic E-state index is -4.32. The summed E-state index contributed by atoms with van der Waals surface area (Å²) in [5.74, 6) is 1.29. The molecule has 1 aromatic carbocycles. The zero-order chi connectivity index (χ0) is 18.0. The van der Waals surface area contributed by atoms with Crippen molar-refractivity contribution in [2.75, 3.05) is 26.3 Å². The number of halogens is 3. The van der Waals surface area contributed by atoms with Crippen LogP contribution in [0, 0.1) is 0 Å². The smallest absolute Gasteiger partial charge is 0.412 e. The summed E-state index contributed by atoms with van der Waals surface area (Å²) < 4.78 is 48.9. The second-order valence-electron chi connectivity index (χ2n) is 6.00. The highest BCUT2D eigenvalue weighted by atomic mass is 19.4. The molecule has 3 rings (SSSR count). The molecule has 0 fully saturated rings. The molecule has 1 N–H and O–H groups in total. The van der Waals surface area contributed by atoms with Gasteiger partial charge in [-0.2, -0.15) is 13.2 Å². The van der Waals surface area contributed by atoms with Crippen molar-refractivity contribution in [3.8, 4) is 11.5 Å². The first-order chi connectivity index (χ1) is 11.8. The molecule has 2 aliphatic rings. The Morgan fingerprint density at radius 3 is 2.60 bits per heavy atom. The Bertz CT molecular complexity index is 688. The maximum Gasteiger partial charge on any atom is 0.412 e. The molecule has 0 saturated carbocycles. The van der Waals surface area contributed by atoms with Crippen molar-refractivity contribution < 1.29 is 27.4 Å². The van der Waals surface area contributed by atoms with Crippen LogP contribution < -0.4 is 14.8 Å². The molecule has 5 nitrogen and oxygen atoms in total. The van der Waals surface area contributed by atoms with E-state index in [1.54, 1.807) is 12.1 Å². The first-order valence-electron chi connectivity index (χ1n) is 8.06. The van der Waals surface area contributed by atoms with Crippen LogP contribution in [0.5, 0.6) is 11.5 Å². The highest BCUT2D eigenvalue weighted by Crippen LogP contribution is 2.33. The van der Waals surface area contributed by atoms with Crippen LogP contribution in [0.3, 0.4) is 0 Å². The van der Waals surface area contributed by atoms with E-state index in [2.05, 4.69) is 5.32 Å². The average Bonchev–Trinajstić information content (AvgIpc) is 2.60. The van der Waals surface area contributed by atoms with Crippen LogP contribution in [0.1, 0.15) is 24.9 Å². The van der Waals surface area contributed by atoms with Gasteiger partial charge in [0.2, 0.25) is 0 Å². The van der Waals surface area contributed by atoms with Crippen molar-refractivity contribution in [2.24, 2.45) is 0 Å². The van der Waals surface area contributed by atoms with Crippen LogP contribution >= 0.6 is 0 Å². The molecule has 0 radical (unpaired) electrons. The maximum atomic E-state index is 12.6. The molecule has 0 aliphatic carbocycles. The van der Waals surface area contributed by atoms with Crippen molar-refractivity contribution >= 4 is 6.03 Å². The summed E-state index contributed by atoms with van der Waals surface area (Å²) in [6.07, 6.45) is -3.44. The number of nitrogens with one attached hydrogen (secondary N) is 1. The van der Waals surface area contributed by atoms with E-state index in [4.69, 9.17) is 9.47 Å². The number of ether oxygens (including phenoxy) is 2. The molecule has 1 unspecified atom stereocenters. The summed E-state index contributed by atoms with van der Waals surface area (Å²) >= 11 is 0. The number of fused-ring (bicyclic) bond motifs is 1. The fourth-order valence-corrected chi connectivity index (χ4v) is 2.80. The number of benzene rings is 1. The van der Waals surface area contributed by atoms with E-state index >= 15 is 0 Å².